The topological polar surface area (TPSA) is 66.2 Å². The molecule has 1 N–H and O–H groups in total. The second-order valence-corrected chi connectivity index (χ2v) is 4.31. The number of rotatable bonds is 1. The highest BCUT2D eigenvalue weighted by atomic mass is 32.2. The molecule has 0 aliphatic carbocycles. The first-order chi connectivity index (χ1) is 6.66. The third kappa shape index (κ3) is 1.70. The van der Waals surface area contributed by atoms with Crippen LogP contribution in [-0.4, -0.2) is 34.5 Å². The van der Waals surface area contributed by atoms with Crippen molar-refractivity contribution in [2.45, 2.75) is 25.1 Å². The van der Waals surface area contributed by atoms with E-state index in [1.54, 1.807) is 0 Å². The molecule has 2 heterocycles. The fourth-order valence-electron chi connectivity index (χ4n) is 1.13. The summed E-state index contributed by atoms with van der Waals surface area (Å²) >= 11 is 1.35. The van der Waals surface area contributed by atoms with Crippen molar-refractivity contribution in [3.8, 4) is 0 Å². The van der Waals surface area contributed by atoms with Gasteiger partial charge in [-0.2, -0.15) is 0 Å². The smallest absolute Gasteiger partial charge is 0.246 e. The van der Waals surface area contributed by atoms with E-state index in [2.05, 4.69) is 20.3 Å². The van der Waals surface area contributed by atoms with Crippen molar-refractivity contribution >= 4 is 35.0 Å². The van der Waals surface area contributed by atoms with Crippen LogP contribution in [-0.2, 0) is 4.79 Å². The molecule has 0 saturated heterocycles. The number of fused-ring (bicyclic) bond motifs is 1. The van der Waals surface area contributed by atoms with Gasteiger partial charge in [-0.05, 0) is 13.8 Å². The van der Waals surface area contributed by atoms with Gasteiger partial charge in [0.25, 0.3) is 0 Å². The van der Waals surface area contributed by atoms with E-state index in [0.29, 0.717) is 11.0 Å². The molecular formula is C8H10N4OS. The number of carbonyl (C=O) groups is 1. The zero-order valence-electron chi connectivity index (χ0n) is 7.89. The number of thioether (sulfide) groups is 1. The third-order valence-corrected chi connectivity index (χ3v) is 2.75. The van der Waals surface area contributed by atoms with Crippen molar-refractivity contribution in [2.75, 3.05) is 0 Å². The van der Waals surface area contributed by atoms with Crippen molar-refractivity contribution in [2.24, 2.45) is 15.0 Å². The fraction of sp³-hybridized carbons (Fsp3) is 0.500. The number of carbonyl (C=O) groups excluding carboxylic acids is 1. The Kier molecular flexibility index (Phi) is 2.37. The van der Waals surface area contributed by atoms with Gasteiger partial charge >= 0.3 is 0 Å². The molecule has 0 aromatic carbocycles. The van der Waals surface area contributed by atoms with Crippen LogP contribution in [0.3, 0.4) is 0 Å². The molecule has 0 saturated carbocycles. The molecule has 1 amide bonds. The summed E-state index contributed by atoms with van der Waals surface area (Å²) in [7, 11) is 0. The third-order valence-electron chi connectivity index (χ3n) is 1.68. The minimum atomic E-state index is -0.308. The van der Waals surface area contributed by atoms with E-state index >= 15 is 0 Å². The highest BCUT2D eigenvalue weighted by molar-refractivity contribution is 8.16. The van der Waals surface area contributed by atoms with Gasteiger partial charge in [0.15, 0.2) is 16.3 Å². The van der Waals surface area contributed by atoms with E-state index in [9.17, 15) is 4.79 Å². The van der Waals surface area contributed by atoms with Crippen LogP contribution in [0.25, 0.3) is 0 Å². The van der Waals surface area contributed by atoms with Crippen LogP contribution in [0.5, 0.6) is 0 Å². The SMILES string of the molecule is CC(C)N=C1N=C2N=CNC(=O)C2S1. The Labute approximate surface area is 85.8 Å². The van der Waals surface area contributed by atoms with Crippen LogP contribution < -0.4 is 5.32 Å². The van der Waals surface area contributed by atoms with Crippen LogP contribution in [0.2, 0.25) is 0 Å². The van der Waals surface area contributed by atoms with E-state index in [0.717, 1.165) is 0 Å². The lowest BCUT2D eigenvalue weighted by Crippen LogP contribution is -2.39. The molecule has 0 radical (unpaired) electrons. The lowest BCUT2D eigenvalue weighted by Gasteiger charge is -2.10. The molecular weight excluding hydrogens is 200 g/mol. The van der Waals surface area contributed by atoms with Gasteiger partial charge in [-0.15, -0.1) is 0 Å². The summed E-state index contributed by atoms with van der Waals surface area (Å²) in [6.45, 7) is 3.94. The van der Waals surface area contributed by atoms with E-state index < -0.39 is 0 Å². The molecule has 1 unspecified atom stereocenters. The molecule has 5 nitrogen and oxygen atoms in total. The minimum absolute atomic E-state index is 0.0716. The van der Waals surface area contributed by atoms with Gasteiger partial charge in [0.2, 0.25) is 5.91 Å². The molecule has 0 aromatic heterocycles. The maximum Gasteiger partial charge on any atom is 0.246 e. The minimum Gasteiger partial charge on any atom is -0.315 e. The van der Waals surface area contributed by atoms with Crippen molar-refractivity contribution in [3.63, 3.8) is 0 Å². The summed E-state index contributed by atoms with van der Waals surface area (Å²) in [6.07, 6.45) is 1.37. The van der Waals surface area contributed by atoms with Crippen LogP contribution in [0.15, 0.2) is 15.0 Å². The van der Waals surface area contributed by atoms with Gasteiger partial charge < -0.3 is 5.32 Å². The van der Waals surface area contributed by atoms with Crippen molar-refractivity contribution in [1.29, 1.82) is 0 Å². The van der Waals surface area contributed by atoms with Crippen LogP contribution >= 0.6 is 11.8 Å². The van der Waals surface area contributed by atoms with Crippen molar-refractivity contribution in [1.82, 2.24) is 5.32 Å². The van der Waals surface area contributed by atoms with Crippen molar-refractivity contribution in [3.05, 3.63) is 0 Å². The second-order valence-electron chi connectivity index (χ2n) is 3.24. The lowest BCUT2D eigenvalue weighted by atomic mass is 10.3. The molecule has 0 spiro atoms. The summed E-state index contributed by atoms with van der Waals surface area (Å²) in [5, 5.41) is 2.88. The first-order valence-corrected chi connectivity index (χ1v) is 5.21. The Bertz CT molecular complexity index is 358. The van der Waals surface area contributed by atoms with Crippen molar-refractivity contribution < 1.29 is 4.79 Å². The Morgan fingerprint density at radius 2 is 2.43 bits per heavy atom. The predicted molar refractivity (Wildman–Crippen MR) is 58.0 cm³/mol. The predicted octanol–water partition coefficient (Wildman–Crippen LogP) is 0.423. The summed E-state index contributed by atoms with van der Waals surface area (Å²) in [4.78, 5) is 23.8. The van der Waals surface area contributed by atoms with Gasteiger partial charge in [-0.3, -0.25) is 9.79 Å². The van der Waals surface area contributed by atoms with Gasteiger partial charge in [0, 0.05) is 6.04 Å². The Balaban J connectivity index is 2.24. The zero-order chi connectivity index (χ0) is 10.1. The second kappa shape index (κ2) is 3.53. The average molecular weight is 210 g/mol. The summed E-state index contributed by atoms with van der Waals surface area (Å²) in [5.41, 5.74) is 0. The number of nitrogens with one attached hydrogen (secondary N) is 1. The quantitative estimate of drug-likeness (QED) is 0.681. The number of hydrogen-bond acceptors (Lipinski definition) is 4. The summed E-state index contributed by atoms with van der Waals surface area (Å²) < 4.78 is 0. The first kappa shape index (κ1) is 9.39. The summed E-state index contributed by atoms with van der Waals surface area (Å²) in [6, 6.07) is 0.189. The average Bonchev–Trinajstić information content (AvgIpc) is 2.47. The highest BCUT2D eigenvalue weighted by Gasteiger charge is 2.34. The fourth-order valence-corrected chi connectivity index (χ4v) is 2.15. The Morgan fingerprint density at radius 1 is 1.64 bits per heavy atom. The monoisotopic (exact) mass is 210 g/mol. The maximum atomic E-state index is 11.3. The molecule has 2 aliphatic heterocycles. The maximum absolute atomic E-state index is 11.3. The molecule has 14 heavy (non-hydrogen) atoms. The standard InChI is InChI=1S/C8H10N4OS/c1-4(2)11-8-12-6-5(14-8)7(13)10-3-9-6/h3-5H,1-2H3,(H,9,10,11,12,13). The Hall–Kier alpha value is -1.17. The van der Waals surface area contributed by atoms with E-state index in [-0.39, 0.29) is 17.2 Å². The molecule has 2 aliphatic rings. The van der Waals surface area contributed by atoms with Gasteiger partial charge in [-0.1, -0.05) is 11.8 Å². The number of aliphatic imine (C=N–C) groups is 3. The normalized spacial score (nSPS) is 27.9. The molecule has 1 atom stereocenters. The van der Waals surface area contributed by atoms with Crippen LogP contribution in [0.1, 0.15) is 13.8 Å². The largest absolute Gasteiger partial charge is 0.315 e. The molecule has 0 fully saturated rings. The zero-order valence-corrected chi connectivity index (χ0v) is 8.71. The summed E-state index contributed by atoms with van der Waals surface area (Å²) in [5.74, 6) is 0.482. The van der Waals surface area contributed by atoms with Crippen LogP contribution in [0.4, 0.5) is 0 Å². The first-order valence-electron chi connectivity index (χ1n) is 4.33. The van der Waals surface area contributed by atoms with E-state index in [1.165, 1.54) is 18.1 Å². The molecule has 74 valence electrons. The van der Waals surface area contributed by atoms with E-state index in [4.69, 9.17) is 0 Å². The number of amidine groups is 2. The Morgan fingerprint density at radius 3 is 3.07 bits per heavy atom. The van der Waals surface area contributed by atoms with E-state index in [1.807, 2.05) is 13.8 Å². The van der Waals surface area contributed by atoms with Gasteiger partial charge in [0.1, 0.15) is 0 Å². The number of nitrogens with zero attached hydrogens (tertiary/aromatic N) is 3. The number of amides is 1. The van der Waals surface area contributed by atoms with Gasteiger partial charge in [0.05, 0.1) is 6.34 Å². The molecule has 2 rings (SSSR count). The lowest BCUT2D eigenvalue weighted by molar-refractivity contribution is -0.118. The molecule has 0 aromatic rings. The highest BCUT2D eigenvalue weighted by Crippen LogP contribution is 2.25. The van der Waals surface area contributed by atoms with Crippen LogP contribution in [0, 0.1) is 0 Å². The van der Waals surface area contributed by atoms with Gasteiger partial charge in [-0.25, -0.2) is 9.98 Å². The number of hydrogen-bond donors (Lipinski definition) is 1. The molecule has 0 bridgehead atoms. The molecule has 6 heteroatoms.